The van der Waals surface area contributed by atoms with Gasteiger partial charge in [0.05, 0.1) is 19.0 Å². The summed E-state index contributed by atoms with van der Waals surface area (Å²) in [6.07, 6.45) is 2.25. The second-order valence-electron chi connectivity index (χ2n) is 6.29. The minimum atomic E-state index is -2.97. The average molecular weight is 575 g/mol. The van der Waals surface area contributed by atoms with Crippen molar-refractivity contribution in [2.24, 2.45) is 4.99 Å². The van der Waals surface area contributed by atoms with Gasteiger partial charge in [-0.15, -0.1) is 24.0 Å². The number of rotatable bonds is 8. The zero-order valence-electron chi connectivity index (χ0n) is 15.7. The number of nitrogens with one attached hydrogen (secondary N) is 2. The molecule has 2 rings (SSSR count). The van der Waals surface area contributed by atoms with Gasteiger partial charge in [-0.3, -0.25) is 4.99 Å². The van der Waals surface area contributed by atoms with Gasteiger partial charge in [-0.05, 0) is 30.7 Å². The van der Waals surface area contributed by atoms with E-state index in [1.54, 1.807) is 7.05 Å². The van der Waals surface area contributed by atoms with Crippen molar-refractivity contribution in [3.05, 3.63) is 28.7 Å². The molecule has 7 nitrogen and oxygen atoms in total. The fourth-order valence-electron chi connectivity index (χ4n) is 2.71. The fraction of sp³-hybridized carbons (Fsp3) is 0.588. The normalized spacial score (nSPS) is 17.5. The second-order valence-corrected chi connectivity index (χ2v) is 9.47. The molecule has 0 aliphatic carbocycles. The zero-order chi connectivity index (χ0) is 19.0. The van der Waals surface area contributed by atoms with Crippen molar-refractivity contribution in [3.63, 3.8) is 0 Å². The molecule has 10 heteroatoms. The minimum absolute atomic E-state index is 0. The number of hydrogen-bond donors (Lipinski definition) is 2. The third kappa shape index (κ3) is 9.44. The minimum Gasteiger partial charge on any atom is -0.379 e. The summed E-state index contributed by atoms with van der Waals surface area (Å²) in [6, 6.07) is 8.68. The number of halogens is 2. The molecule has 0 amide bonds. The van der Waals surface area contributed by atoms with Gasteiger partial charge in [0.2, 0.25) is 0 Å². The molecule has 1 aromatic carbocycles. The van der Waals surface area contributed by atoms with E-state index in [9.17, 15) is 8.42 Å². The van der Waals surface area contributed by atoms with Crippen LogP contribution in [0.25, 0.3) is 0 Å². The molecular weight excluding hydrogens is 547 g/mol. The summed E-state index contributed by atoms with van der Waals surface area (Å²) in [5.74, 6) is 0.785. The van der Waals surface area contributed by atoms with Crippen LogP contribution in [0.5, 0.6) is 0 Å². The Morgan fingerprint density at radius 1 is 1.33 bits per heavy atom. The van der Waals surface area contributed by atoms with E-state index in [2.05, 4.69) is 60.7 Å². The molecule has 2 N–H and O–H groups in total. The van der Waals surface area contributed by atoms with Crippen molar-refractivity contribution in [2.45, 2.75) is 12.5 Å². The largest absolute Gasteiger partial charge is 0.379 e. The highest BCUT2D eigenvalue weighted by Crippen LogP contribution is 2.22. The fourth-order valence-corrected chi connectivity index (χ4v) is 3.39. The molecule has 1 unspecified atom stereocenters. The summed E-state index contributed by atoms with van der Waals surface area (Å²) in [5, 5.41) is 6.62. The zero-order valence-corrected chi connectivity index (χ0v) is 20.4. The number of anilines is 1. The number of sulfone groups is 1. The van der Waals surface area contributed by atoms with Gasteiger partial charge in [-0.1, -0.05) is 15.9 Å². The molecule has 27 heavy (non-hydrogen) atoms. The molecule has 1 aromatic rings. The standard InChI is InChI=1S/C17H27BrN4O3S.HI/c1-19-17(20-8-10-25-11-12-26(2,23)24)21-15-7-9-22(13-15)16-5-3-14(18)4-6-16;/h3-6,15H,7-13H2,1-2H3,(H2,19,20,21);1H. The van der Waals surface area contributed by atoms with E-state index in [1.807, 2.05) is 0 Å². The quantitative estimate of drug-likeness (QED) is 0.213. The Labute approximate surface area is 187 Å². The highest BCUT2D eigenvalue weighted by molar-refractivity contribution is 14.0. The Morgan fingerprint density at radius 2 is 2.04 bits per heavy atom. The number of aliphatic imine (C=N–C) groups is 1. The highest BCUT2D eigenvalue weighted by Gasteiger charge is 2.23. The van der Waals surface area contributed by atoms with Gasteiger partial charge in [-0.25, -0.2) is 8.42 Å². The molecule has 1 aliphatic heterocycles. The molecule has 154 valence electrons. The van der Waals surface area contributed by atoms with Crippen molar-refractivity contribution in [3.8, 4) is 0 Å². The first-order chi connectivity index (χ1) is 12.4. The molecule has 1 aliphatic rings. The van der Waals surface area contributed by atoms with Crippen molar-refractivity contribution in [1.29, 1.82) is 0 Å². The van der Waals surface area contributed by atoms with Gasteiger partial charge in [0, 0.05) is 49.1 Å². The lowest BCUT2D eigenvalue weighted by molar-refractivity contribution is 0.154. The number of ether oxygens (including phenoxy) is 1. The van der Waals surface area contributed by atoms with Crippen LogP contribution in [-0.4, -0.2) is 72.3 Å². The molecule has 0 radical (unpaired) electrons. The first kappa shape index (κ1) is 24.4. The molecule has 1 atom stereocenters. The molecule has 0 spiro atoms. The number of benzene rings is 1. The molecule has 1 fully saturated rings. The predicted molar refractivity (Wildman–Crippen MR) is 125 cm³/mol. The van der Waals surface area contributed by atoms with Crippen LogP contribution in [-0.2, 0) is 14.6 Å². The Morgan fingerprint density at radius 3 is 2.67 bits per heavy atom. The monoisotopic (exact) mass is 574 g/mol. The van der Waals surface area contributed by atoms with Crippen LogP contribution in [0.1, 0.15) is 6.42 Å². The number of guanidine groups is 1. The van der Waals surface area contributed by atoms with E-state index in [0.29, 0.717) is 19.2 Å². The molecule has 0 bridgehead atoms. The lowest BCUT2D eigenvalue weighted by Crippen LogP contribution is -2.45. The molecular formula is C17H28BrIN4O3S. The van der Waals surface area contributed by atoms with Crippen molar-refractivity contribution in [1.82, 2.24) is 10.6 Å². The lowest BCUT2D eigenvalue weighted by atomic mass is 10.3. The maximum Gasteiger partial charge on any atom is 0.191 e. The molecule has 0 saturated carbocycles. The van der Waals surface area contributed by atoms with Gasteiger partial charge in [0.15, 0.2) is 5.96 Å². The van der Waals surface area contributed by atoms with Crippen molar-refractivity contribution in [2.75, 3.05) is 56.8 Å². The Balaban J connectivity index is 0.00000364. The predicted octanol–water partition coefficient (Wildman–Crippen LogP) is 1.87. The van der Waals surface area contributed by atoms with Gasteiger partial charge in [0.25, 0.3) is 0 Å². The Kier molecular flexibility index (Phi) is 10.9. The second kappa shape index (κ2) is 12.1. The Bertz CT molecular complexity index is 701. The van der Waals surface area contributed by atoms with Crippen molar-refractivity contribution >= 4 is 61.4 Å². The first-order valence-corrected chi connectivity index (χ1v) is 11.5. The summed E-state index contributed by atoms with van der Waals surface area (Å²) in [7, 11) is -1.23. The van der Waals surface area contributed by atoms with Crippen LogP contribution in [0.2, 0.25) is 0 Å². The van der Waals surface area contributed by atoms with Crippen LogP contribution < -0.4 is 15.5 Å². The van der Waals surface area contributed by atoms with Crippen LogP contribution in [0.15, 0.2) is 33.7 Å². The maximum atomic E-state index is 11.0. The summed E-state index contributed by atoms with van der Waals surface area (Å²) < 4.78 is 28.5. The van der Waals surface area contributed by atoms with E-state index in [0.717, 1.165) is 29.9 Å². The van der Waals surface area contributed by atoms with Gasteiger partial charge in [0.1, 0.15) is 9.84 Å². The van der Waals surface area contributed by atoms with E-state index in [-0.39, 0.29) is 36.3 Å². The molecule has 0 aromatic heterocycles. The molecule has 1 heterocycles. The van der Waals surface area contributed by atoms with Crippen LogP contribution in [0.3, 0.4) is 0 Å². The lowest BCUT2D eigenvalue weighted by Gasteiger charge is -2.20. The van der Waals surface area contributed by atoms with E-state index >= 15 is 0 Å². The van der Waals surface area contributed by atoms with E-state index in [4.69, 9.17) is 4.74 Å². The summed E-state index contributed by atoms with van der Waals surface area (Å²) in [4.78, 5) is 6.59. The Hall–Kier alpha value is -0.590. The van der Waals surface area contributed by atoms with Crippen LogP contribution >= 0.6 is 39.9 Å². The third-order valence-electron chi connectivity index (χ3n) is 4.08. The summed E-state index contributed by atoms with van der Waals surface area (Å²) >= 11 is 3.46. The highest BCUT2D eigenvalue weighted by atomic mass is 127. The smallest absolute Gasteiger partial charge is 0.191 e. The first-order valence-electron chi connectivity index (χ1n) is 8.60. The van der Waals surface area contributed by atoms with Gasteiger partial charge >= 0.3 is 0 Å². The van der Waals surface area contributed by atoms with Crippen LogP contribution in [0, 0.1) is 0 Å². The topological polar surface area (TPSA) is 83.0 Å². The maximum absolute atomic E-state index is 11.0. The SMILES string of the molecule is CN=C(NCCOCCS(C)(=O)=O)NC1CCN(c2ccc(Br)cc2)C1.I. The van der Waals surface area contributed by atoms with Gasteiger partial charge < -0.3 is 20.3 Å². The number of hydrogen-bond acceptors (Lipinski definition) is 5. The summed E-state index contributed by atoms with van der Waals surface area (Å²) in [6.45, 7) is 3.16. The van der Waals surface area contributed by atoms with E-state index in [1.165, 1.54) is 11.9 Å². The average Bonchev–Trinajstić information content (AvgIpc) is 3.05. The van der Waals surface area contributed by atoms with E-state index < -0.39 is 9.84 Å². The third-order valence-corrected chi connectivity index (χ3v) is 5.52. The van der Waals surface area contributed by atoms with Crippen molar-refractivity contribution < 1.29 is 13.2 Å². The molecule has 1 saturated heterocycles. The number of nitrogens with zero attached hydrogens (tertiary/aromatic N) is 2. The van der Waals surface area contributed by atoms with Gasteiger partial charge in [-0.2, -0.15) is 0 Å². The van der Waals surface area contributed by atoms with Crippen LogP contribution in [0.4, 0.5) is 5.69 Å². The summed E-state index contributed by atoms with van der Waals surface area (Å²) in [5.41, 5.74) is 1.22.